The summed E-state index contributed by atoms with van der Waals surface area (Å²) in [6.07, 6.45) is 2.82. The zero-order valence-electron chi connectivity index (χ0n) is 11.7. The van der Waals surface area contributed by atoms with Crippen LogP contribution in [0.15, 0.2) is 30.6 Å². The number of nitrogens with one attached hydrogen (secondary N) is 1. The minimum atomic E-state index is -3.35. The summed E-state index contributed by atoms with van der Waals surface area (Å²) in [6.45, 7) is 0. The fourth-order valence-corrected chi connectivity index (χ4v) is 3.24. The van der Waals surface area contributed by atoms with Crippen LogP contribution in [0.25, 0.3) is 11.4 Å². The van der Waals surface area contributed by atoms with E-state index >= 15 is 0 Å². The van der Waals surface area contributed by atoms with Gasteiger partial charge in [-0.2, -0.15) is 0 Å². The van der Waals surface area contributed by atoms with Crippen LogP contribution in [0.3, 0.4) is 0 Å². The van der Waals surface area contributed by atoms with Gasteiger partial charge in [0.1, 0.15) is 6.33 Å². The highest BCUT2D eigenvalue weighted by molar-refractivity contribution is 7.92. The Kier molecular flexibility index (Phi) is 5.19. The highest BCUT2D eigenvalue weighted by atomic mass is 35.5. The zero-order chi connectivity index (χ0) is 15.3. The number of rotatable bonds is 7. The SMILES string of the molecule is Cn1cnnc1-c1cccc(NS(=O)(=O)CCCCCl)c1. The van der Waals surface area contributed by atoms with Crippen LogP contribution in [-0.4, -0.2) is 34.8 Å². The molecular weight excluding hydrogens is 312 g/mol. The Hall–Kier alpha value is -1.60. The maximum Gasteiger partial charge on any atom is 0.232 e. The summed E-state index contributed by atoms with van der Waals surface area (Å²) >= 11 is 5.55. The van der Waals surface area contributed by atoms with Crippen LogP contribution in [0.5, 0.6) is 0 Å². The summed E-state index contributed by atoms with van der Waals surface area (Å²) in [5, 5.41) is 7.82. The Morgan fingerprint density at radius 1 is 1.33 bits per heavy atom. The third-order valence-corrected chi connectivity index (χ3v) is 4.54. The molecule has 1 N–H and O–H groups in total. The Balaban J connectivity index is 2.13. The molecule has 0 radical (unpaired) electrons. The van der Waals surface area contributed by atoms with Crippen LogP contribution in [0.1, 0.15) is 12.8 Å². The van der Waals surface area contributed by atoms with Gasteiger partial charge in [0.05, 0.1) is 5.75 Å². The van der Waals surface area contributed by atoms with Crippen LogP contribution < -0.4 is 4.72 Å². The molecule has 0 unspecified atom stereocenters. The Labute approximate surface area is 129 Å². The lowest BCUT2D eigenvalue weighted by Gasteiger charge is -2.09. The normalized spacial score (nSPS) is 11.5. The van der Waals surface area contributed by atoms with Crippen molar-refractivity contribution >= 4 is 27.3 Å². The van der Waals surface area contributed by atoms with Crippen molar-refractivity contribution in [1.82, 2.24) is 14.8 Å². The number of unbranched alkanes of at least 4 members (excludes halogenated alkanes) is 1. The molecule has 0 aliphatic carbocycles. The number of sulfonamides is 1. The number of alkyl halides is 1. The summed E-state index contributed by atoms with van der Waals surface area (Å²) < 4.78 is 28.2. The minimum Gasteiger partial charge on any atom is -0.317 e. The third-order valence-electron chi connectivity index (χ3n) is 2.90. The highest BCUT2D eigenvalue weighted by Gasteiger charge is 2.11. The van der Waals surface area contributed by atoms with Crippen molar-refractivity contribution in [2.24, 2.45) is 7.05 Å². The van der Waals surface area contributed by atoms with Crippen molar-refractivity contribution in [3.05, 3.63) is 30.6 Å². The standard InChI is InChI=1S/C13H17ClN4O2S/c1-18-10-15-16-13(18)11-5-4-6-12(9-11)17-21(19,20)8-3-2-7-14/h4-6,9-10,17H,2-3,7-8H2,1H3. The van der Waals surface area contributed by atoms with E-state index in [0.717, 1.165) is 5.56 Å². The molecule has 1 aromatic heterocycles. The Morgan fingerprint density at radius 2 is 2.14 bits per heavy atom. The summed E-state index contributed by atoms with van der Waals surface area (Å²) in [5.41, 5.74) is 1.32. The molecule has 0 atom stereocenters. The van der Waals surface area contributed by atoms with Gasteiger partial charge in [-0.1, -0.05) is 12.1 Å². The van der Waals surface area contributed by atoms with Gasteiger partial charge >= 0.3 is 0 Å². The fraction of sp³-hybridized carbons (Fsp3) is 0.385. The largest absolute Gasteiger partial charge is 0.317 e. The van der Waals surface area contributed by atoms with Gasteiger partial charge in [-0.3, -0.25) is 4.72 Å². The van der Waals surface area contributed by atoms with Crippen molar-refractivity contribution in [2.45, 2.75) is 12.8 Å². The quantitative estimate of drug-likeness (QED) is 0.624. The van der Waals surface area contributed by atoms with E-state index in [4.69, 9.17) is 11.6 Å². The molecule has 0 saturated carbocycles. The van der Waals surface area contributed by atoms with E-state index in [1.165, 1.54) is 0 Å². The molecule has 0 saturated heterocycles. The maximum absolute atomic E-state index is 12.0. The van der Waals surface area contributed by atoms with Gasteiger partial charge in [-0.15, -0.1) is 21.8 Å². The van der Waals surface area contributed by atoms with Crippen molar-refractivity contribution in [1.29, 1.82) is 0 Å². The average Bonchev–Trinajstić information content (AvgIpc) is 2.85. The molecule has 1 heterocycles. The van der Waals surface area contributed by atoms with Gasteiger partial charge in [0, 0.05) is 24.2 Å². The van der Waals surface area contributed by atoms with Gasteiger partial charge in [0.15, 0.2) is 5.82 Å². The lowest BCUT2D eigenvalue weighted by molar-refractivity contribution is 0.598. The van der Waals surface area contributed by atoms with E-state index in [2.05, 4.69) is 14.9 Å². The molecule has 2 rings (SSSR count). The lowest BCUT2D eigenvalue weighted by atomic mass is 10.2. The molecule has 2 aromatic rings. The molecule has 1 aromatic carbocycles. The van der Waals surface area contributed by atoms with Crippen LogP contribution in [-0.2, 0) is 17.1 Å². The molecule has 114 valence electrons. The number of hydrogen-bond donors (Lipinski definition) is 1. The predicted octanol–water partition coefficient (Wildman–Crippen LogP) is 2.24. The van der Waals surface area contributed by atoms with Crippen LogP contribution in [0.4, 0.5) is 5.69 Å². The van der Waals surface area contributed by atoms with Crippen LogP contribution in [0, 0.1) is 0 Å². The van der Waals surface area contributed by atoms with Gasteiger partial charge in [-0.05, 0) is 25.0 Å². The number of nitrogens with zero attached hydrogens (tertiary/aromatic N) is 3. The summed E-state index contributed by atoms with van der Waals surface area (Å²) in [6, 6.07) is 7.08. The highest BCUT2D eigenvalue weighted by Crippen LogP contribution is 2.21. The monoisotopic (exact) mass is 328 g/mol. The zero-order valence-corrected chi connectivity index (χ0v) is 13.2. The summed E-state index contributed by atoms with van der Waals surface area (Å²) in [5.74, 6) is 1.21. The molecule has 0 spiro atoms. The molecule has 0 aliphatic rings. The van der Waals surface area contributed by atoms with Crippen molar-refractivity contribution in [3.63, 3.8) is 0 Å². The number of aryl methyl sites for hydroxylation is 1. The van der Waals surface area contributed by atoms with Gasteiger partial charge in [0.25, 0.3) is 0 Å². The molecule has 8 heteroatoms. The van der Waals surface area contributed by atoms with Crippen LogP contribution in [0.2, 0.25) is 0 Å². The summed E-state index contributed by atoms with van der Waals surface area (Å²) in [4.78, 5) is 0. The van der Waals surface area contributed by atoms with Crippen molar-refractivity contribution in [3.8, 4) is 11.4 Å². The molecule has 0 aliphatic heterocycles. The lowest BCUT2D eigenvalue weighted by Crippen LogP contribution is -2.16. The number of halogens is 1. The van der Waals surface area contributed by atoms with E-state index in [9.17, 15) is 8.42 Å². The van der Waals surface area contributed by atoms with Gasteiger partial charge < -0.3 is 4.57 Å². The van der Waals surface area contributed by atoms with E-state index in [1.54, 1.807) is 29.1 Å². The van der Waals surface area contributed by atoms with Gasteiger partial charge in [0.2, 0.25) is 10.0 Å². The Morgan fingerprint density at radius 3 is 2.81 bits per heavy atom. The first-order valence-electron chi connectivity index (χ1n) is 6.53. The van der Waals surface area contributed by atoms with E-state index in [-0.39, 0.29) is 5.75 Å². The summed E-state index contributed by atoms with van der Waals surface area (Å²) in [7, 11) is -1.52. The van der Waals surface area contributed by atoms with Crippen molar-refractivity contribution < 1.29 is 8.42 Å². The molecule has 0 fully saturated rings. The molecule has 0 amide bonds. The van der Waals surface area contributed by atoms with E-state index in [1.807, 2.05) is 13.1 Å². The predicted molar refractivity (Wildman–Crippen MR) is 83.8 cm³/mol. The fourth-order valence-electron chi connectivity index (χ4n) is 1.88. The average molecular weight is 329 g/mol. The Bertz CT molecular complexity index is 700. The molecule has 21 heavy (non-hydrogen) atoms. The minimum absolute atomic E-state index is 0.0634. The third kappa shape index (κ3) is 4.44. The molecule has 6 nitrogen and oxygen atoms in total. The number of hydrogen-bond acceptors (Lipinski definition) is 4. The van der Waals surface area contributed by atoms with Gasteiger partial charge in [-0.25, -0.2) is 8.42 Å². The second kappa shape index (κ2) is 6.91. The second-order valence-electron chi connectivity index (χ2n) is 4.66. The van der Waals surface area contributed by atoms with Crippen molar-refractivity contribution in [2.75, 3.05) is 16.4 Å². The van der Waals surface area contributed by atoms with Crippen LogP contribution >= 0.6 is 11.6 Å². The first-order chi connectivity index (χ1) is 10.0. The maximum atomic E-state index is 12.0. The first kappa shape index (κ1) is 15.8. The topological polar surface area (TPSA) is 76.9 Å². The second-order valence-corrected chi connectivity index (χ2v) is 6.88. The molecular formula is C13H17ClN4O2S. The number of aromatic nitrogens is 3. The van der Waals surface area contributed by atoms with E-state index < -0.39 is 10.0 Å². The molecule has 0 bridgehead atoms. The number of benzene rings is 1. The first-order valence-corrected chi connectivity index (χ1v) is 8.71. The smallest absolute Gasteiger partial charge is 0.232 e. The number of anilines is 1. The van der Waals surface area contributed by atoms with E-state index in [0.29, 0.717) is 30.2 Å².